The molecule has 24 heteroatoms. The summed E-state index contributed by atoms with van der Waals surface area (Å²) in [5, 5.41) is 32.9. The minimum atomic E-state index is -2.69. The van der Waals surface area contributed by atoms with E-state index in [-0.39, 0.29) is 40.1 Å². The Kier molecular flexibility index (Phi) is 16.8. The van der Waals surface area contributed by atoms with Gasteiger partial charge in [-0.3, -0.25) is 29.3 Å². The maximum atomic E-state index is 16.5. The van der Waals surface area contributed by atoms with Gasteiger partial charge in [0.2, 0.25) is 6.10 Å². The molecule has 2 bridgehead atoms. The molecule has 11 atom stereocenters. The molecule has 0 aromatic heterocycles. The molecule has 1 saturated heterocycles. The molecular weight excluding hydrogens is 1070 g/mol. The van der Waals surface area contributed by atoms with Crippen molar-refractivity contribution in [3.05, 3.63) is 176 Å². The van der Waals surface area contributed by atoms with Crippen LogP contribution >= 0.6 is 0 Å². The Bertz CT molecular complexity index is 3310. The van der Waals surface area contributed by atoms with Crippen molar-refractivity contribution in [2.75, 3.05) is 13.2 Å². The Morgan fingerprint density at radius 1 is 0.890 bits per heavy atom. The van der Waals surface area contributed by atoms with Gasteiger partial charge in [0.15, 0.2) is 17.5 Å². The topological polar surface area (TPSA) is 335 Å². The van der Waals surface area contributed by atoms with Crippen LogP contribution in [-0.4, -0.2) is 119 Å². The molecule has 428 valence electrons. The first-order valence-electron chi connectivity index (χ1n) is 25.8. The molecular formula is C58H57N5O19. The third-order valence-corrected chi connectivity index (χ3v) is 15.8. The predicted molar refractivity (Wildman–Crippen MR) is 283 cm³/mol. The van der Waals surface area contributed by atoms with E-state index in [0.717, 1.165) is 32.0 Å². The number of fused-ring (bicyclic) bond motifs is 5. The van der Waals surface area contributed by atoms with Gasteiger partial charge in [0.25, 0.3) is 11.6 Å². The fourth-order valence-electron chi connectivity index (χ4n) is 11.9. The van der Waals surface area contributed by atoms with Crippen molar-refractivity contribution < 1.29 is 86.3 Å². The second-order valence-corrected chi connectivity index (χ2v) is 20.8. The van der Waals surface area contributed by atoms with Crippen LogP contribution in [0.5, 0.6) is 0 Å². The van der Waals surface area contributed by atoms with Crippen molar-refractivity contribution in [2.24, 2.45) is 21.9 Å². The maximum Gasteiger partial charge on any atom is 0.509 e. The number of rotatable bonds is 17. The SMILES string of the molecule is C=CCOC(=O)O[C@@H](C(=O)O[C@H]1C[C@@]2(O)C(OC(=O)c3ccccc3)C3[C@]4(OC(C)=O)COC4C[C@H](OC(=O)c4cc(N=[N+]=[N-])ccc4[N+](=O)[O-])[C@@]3(C)C(=O)[C@H](OC(C)=O)C(=C1C)C2(C)C)[C@@H](NC(=O)c1ccccc1)c1ccccc1. The predicted octanol–water partition coefficient (Wildman–Crippen LogP) is 7.80. The summed E-state index contributed by atoms with van der Waals surface area (Å²) in [6, 6.07) is 24.6. The molecule has 82 heavy (non-hydrogen) atoms. The van der Waals surface area contributed by atoms with Gasteiger partial charge in [-0.2, -0.15) is 0 Å². The lowest BCUT2D eigenvalue weighted by Gasteiger charge is -2.67. The summed E-state index contributed by atoms with van der Waals surface area (Å²) in [6.07, 6.45) is -12.7. The highest BCUT2D eigenvalue weighted by Crippen LogP contribution is 2.65. The van der Waals surface area contributed by atoms with Gasteiger partial charge in [-0.25, -0.2) is 19.2 Å². The lowest BCUT2D eigenvalue weighted by atomic mass is 9.44. The number of carbonyl (C=O) groups is 8. The molecule has 3 unspecified atom stereocenters. The Balaban J connectivity index is 1.35. The highest BCUT2D eigenvalue weighted by atomic mass is 16.7. The molecule has 8 rings (SSSR count). The number of hydrogen-bond donors (Lipinski definition) is 2. The Hall–Kier alpha value is -9.25. The first kappa shape index (κ1) is 58.9. The number of azide groups is 1. The van der Waals surface area contributed by atoms with E-state index in [1.54, 1.807) is 42.5 Å². The number of nitrogens with one attached hydrogen (secondary N) is 1. The van der Waals surface area contributed by atoms with Crippen LogP contribution in [-0.2, 0) is 57.1 Å². The normalized spacial score (nSPS) is 26.5. The minimum absolute atomic E-state index is 0.0234. The van der Waals surface area contributed by atoms with Crippen LogP contribution in [0, 0.1) is 26.9 Å². The standard InChI is InChI=1S/C58H57N5O19/c1-8-26-75-54(71)80-46(44(34-18-12-9-13-19-34)60-50(67)35-20-14-10-15-21-35)53(70)78-40-29-58(72)49(81-51(68)36-22-16-11-17-23-36)47-56(7,48(66)45(77-32(3)64)43(31(40)2)55(58,5)6)41(28-42-57(47,30-76-42)82-33(4)65)79-52(69)38-27-37(61-62-59)24-25-39(38)63(73)74/h8-25,27,40-42,44-47,49,72H,1,26,28-30H2,2-7H3,(H,60,67)/t40-,41-,42?,44-,45+,46+,47?,49?,56+,57-,58+/m0/s1. The van der Waals surface area contributed by atoms with E-state index < -0.39 is 154 Å². The van der Waals surface area contributed by atoms with Gasteiger partial charge in [0, 0.05) is 54.3 Å². The van der Waals surface area contributed by atoms with Gasteiger partial charge in [-0.1, -0.05) is 98.3 Å². The van der Waals surface area contributed by atoms with Gasteiger partial charge in [-0.05, 0) is 72.5 Å². The number of esters is 5. The smallest absolute Gasteiger partial charge is 0.457 e. The van der Waals surface area contributed by atoms with Crippen molar-refractivity contribution in [3.8, 4) is 0 Å². The van der Waals surface area contributed by atoms with Gasteiger partial charge >= 0.3 is 36.0 Å². The number of nitro groups is 1. The Morgan fingerprint density at radius 2 is 1.52 bits per heavy atom. The average molecular weight is 1130 g/mol. The van der Waals surface area contributed by atoms with Gasteiger partial charge in [0.05, 0.1) is 28.4 Å². The quantitative estimate of drug-likeness (QED) is 0.0149. The lowest BCUT2D eigenvalue weighted by Crippen LogP contribution is -2.82. The summed E-state index contributed by atoms with van der Waals surface area (Å²) in [7, 11) is 0. The summed E-state index contributed by atoms with van der Waals surface area (Å²) in [5.74, 6) is -9.61. The number of ketones is 1. The van der Waals surface area contributed by atoms with Crippen LogP contribution in [0.2, 0.25) is 0 Å². The zero-order chi connectivity index (χ0) is 59.5. The molecule has 2 saturated carbocycles. The highest BCUT2D eigenvalue weighted by molar-refractivity contribution is 5.98. The van der Waals surface area contributed by atoms with E-state index in [4.69, 9.17) is 37.9 Å². The van der Waals surface area contributed by atoms with Crippen molar-refractivity contribution >= 4 is 59.1 Å². The third-order valence-electron chi connectivity index (χ3n) is 15.8. The minimum Gasteiger partial charge on any atom is -0.457 e. The summed E-state index contributed by atoms with van der Waals surface area (Å²) < 4.78 is 48.2. The zero-order valence-corrected chi connectivity index (χ0v) is 45.2. The van der Waals surface area contributed by atoms with E-state index in [1.165, 1.54) is 82.3 Å². The monoisotopic (exact) mass is 1130 g/mol. The molecule has 4 aromatic carbocycles. The van der Waals surface area contributed by atoms with Crippen LogP contribution in [0.3, 0.4) is 0 Å². The first-order valence-corrected chi connectivity index (χ1v) is 25.8. The number of Topliss-reactive ketones (excluding diaryl/α,β-unsaturated/α-hetero) is 1. The molecule has 4 aromatic rings. The van der Waals surface area contributed by atoms with Crippen LogP contribution in [0.15, 0.2) is 138 Å². The van der Waals surface area contributed by atoms with Crippen LogP contribution in [0.4, 0.5) is 16.2 Å². The Morgan fingerprint density at radius 3 is 2.10 bits per heavy atom. The van der Waals surface area contributed by atoms with E-state index in [1.807, 2.05) is 0 Å². The number of nitrogens with zero attached hydrogens (tertiary/aromatic N) is 4. The molecule has 1 aliphatic heterocycles. The summed E-state index contributed by atoms with van der Waals surface area (Å²) >= 11 is 0. The summed E-state index contributed by atoms with van der Waals surface area (Å²) in [6.45, 7) is 10.2. The van der Waals surface area contributed by atoms with Crippen LogP contribution < -0.4 is 5.32 Å². The molecule has 0 radical (unpaired) electrons. The molecule has 3 aliphatic carbocycles. The molecule has 4 aliphatic rings. The number of aliphatic hydroxyl groups is 1. The second-order valence-electron chi connectivity index (χ2n) is 20.8. The molecule has 0 spiro atoms. The zero-order valence-electron chi connectivity index (χ0n) is 45.2. The first-order chi connectivity index (χ1) is 38.9. The van der Waals surface area contributed by atoms with Crippen LogP contribution in [0.25, 0.3) is 10.4 Å². The molecule has 3 fully saturated rings. The average Bonchev–Trinajstić information content (AvgIpc) is 0.719. The Labute approximate surface area is 468 Å². The van der Waals surface area contributed by atoms with E-state index >= 15 is 9.59 Å². The summed E-state index contributed by atoms with van der Waals surface area (Å²) in [4.78, 5) is 130. The molecule has 24 nitrogen and oxygen atoms in total. The largest absolute Gasteiger partial charge is 0.509 e. The number of benzene rings is 4. The lowest BCUT2D eigenvalue weighted by molar-refractivity contribution is -0.385. The number of nitro benzene ring substituents is 1. The van der Waals surface area contributed by atoms with E-state index in [0.29, 0.717) is 0 Å². The maximum absolute atomic E-state index is 16.5. The number of ether oxygens (including phenoxy) is 8. The molecule has 2 N–H and O–H groups in total. The van der Waals surface area contributed by atoms with Crippen molar-refractivity contribution in [3.63, 3.8) is 0 Å². The van der Waals surface area contributed by atoms with E-state index in [9.17, 15) is 49.5 Å². The van der Waals surface area contributed by atoms with Crippen LogP contribution in [0.1, 0.15) is 97.1 Å². The van der Waals surface area contributed by atoms with Gasteiger partial charge in [0.1, 0.15) is 48.2 Å². The molecule has 1 heterocycles. The number of amides is 1. The second kappa shape index (κ2) is 23.5. The number of carbonyl (C=O) groups excluding carboxylic acids is 8. The van der Waals surface area contributed by atoms with Crippen molar-refractivity contribution in [2.45, 2.75) is 108 Å². The highest BCUT2D eigenvalue weighted by Gasteiger charge is 2.79. The van der Waals surface area contributed by atoms with Crippen molar-refractivity contribution in [1.29, 1.82) is 0 Å². The van der Waals surface area contributed by atoms with Crippen molar-refractivity contribution in [1.82, 2.24) is 5.32 Å². The third kappa shape index (κ3) is 10.9. The molecule has 1 amide bonds. The van der Waals surface area contributed by atoms with E-state index in [2.05, 4.69) is 21.9 Å². The van der Waals surface area contributed by atoms with Gasteiger partial charge < -0.3 is 48.3 Å². The number of hydrogen-bond acceptors (Lipinski definition) is 20. The fourth-order valence-corrected chi connectivity index (χ4v) is 11.9. The van der Waals surface area contributed by atoms with Gasteiger partial charge in [-0.15, -0.1) is 0 Å². The summed E-state index contributed by atoms with van der Waals surface area (Å²) in [5.41, 5.74) is -1.64. The fraction of sp³-hybridized carbons (Fsp3) is 0.379.